The van der Waals surface area contributed by atoms with Crippen molar-refractivity contribution in [2.24, 2.45) is 5.10 Å². The third-order valence-electron chi connectivity index (χ3n) is 4.14. The molecule has 0 aliphatic rings. The van der Waals surface area contributed by atoms with Gasteiger partial charge in [0.05, 0.1) is 23.9 Å². The van der Waals surface area contributed by atoms with Crippen molar-refractivity contribution in [3.8, 4) is 11.5 Å². The fourth-order valence-corrected chi connectivity index (χ4v) is 3.06. The number of anilines is 1. The topological polar surface area (TPSA) is 71.9 Å². The number of halogens is 1. The zero-order valence-electron chi connectivity index (χ0n) is 16.9. The summed E-state index contributed by atoms with van der Waals surface area (Å²) in [6, 6.07) is 19.6. The van der Waals surface area contributed by atoms with Gasteiger partial charge in [-0.25, -0.2) is 4.79 Å². The van der Waals surface area contributed by atoms with E-state index < -0.39 is 5.97 Å². The summed E-state index contributed by atoms with van der Waals surface area (Å²) in [6.45, 7) is 2.00. The van der Waals surface area contributed by atoms with E-state index in [9.17, 15) is 4.79 Å². The van der Waals surface area contributed by atoms with Crippen molar-refractivity contribution in [1.29, 1.82) is 0 Å². The molecule has 0 saturated heterocycles. The largest absolute Gasteiger partial charge is 0.493 e. The van der Waals surface area contributed by atoms with Gasteiger partial charge in [-0.3, -0.25) is 5.43 Å². The summed E-state index contributed by atoms with van der Waals surface area (Å²) in [6.07, 6.45) is 1.58. The predicted octanol–water partition coefficient (Wildman–Crippen LogP) is 5.20. The zero-order valence-corrected chi connectivity index (χ0v) is 18.5. The smallest absolute Gasteiger partial charge is 0.345 e. The molecule has 3 aromatic carbocycles. The zero-order chi connectivity index (χ0) is 22.2. The number of aryl methyl sites for hydroxylation is 1. The molecule has 0 heterocycles. The van der Waals surface area contributed by atoms with Crippen molar-refractivity contribution < 1.29 is 14.3 Å². The highest BCUT2D eigenvalue weighted by Crippen LogP contribution is 2.29. The number of methoxy groups -OCH3 is 1. The number of ether oxygens (including phenoxy) is 2. The van der Waals surface area contributed by atoms with Crippen LogP contribution in [0.4, 0.5) is 5.69 Å². The van der Waals surface area contributed by atoms with Gasteiger partial charge in [0, 0.05) is 5.69 Å². The first-order valence-corrected chi connectivity index (χ1v) is 10.1. The van der Waals surface area contributed by atoms with E-state index in [1.807, 2.05) is 31.2 Å². The molecule has 158 valence electrons. The lowest BCUT2D eigenvalue weighted by Crippen LogP contribution is -2.23. The molecule has 0 aromatic heterocycles. The highest BCUT2D eigenvalue weighted by Gasteiger charge is 2.15. The number of nitrogens with one attached hydrogen (secondary N) is 2. The molecule has 2 N–H and O–H groups in total. The third kappa shape index (κ3) is 6.28. The molecule has 0 aliphatic carbocycles. The van der Waals surface area contributed by atoms with Crippen LogP contribution in [0.1, 0.15) is 21.5 Å². The molecular weight excluding hydrogens is 434 g/mol. The molecule has 8 heteroatoms. The lowest BCUT2D eigenvalue weighted by atomic mass is 10.2. The lowest BCUT2D eigenvalue weighted by Gasteiger charge is -2.10. The van der Waals surface area contributed by atoms with Crippen molar-refractivity contribution in [2.75, 3.05) is 12.4 Å². The molecule has 6 nitrogen and oxygen atoms in total. The van der Waals surface area contributed by atoms with Gasteiger partial charge in [-0.15, -0.1) is 0 Å². The number of hydrazone groups is 1. The van der Waals surface area contributed by atoms with Crippen LogP contribution in [0.5, 0.6) is 11.5 Å². The summed E-state index contributed by atoms with van der Waals surface area (Å²) in [7, 11) is 1.49. The maximum Gasteiger partial charge on any atom is 0.345 e. The lowest BCUT2D eigenvalue weighted by molar-refractivity contribution is 0.0730. The van der Waals surface area contributed by atoms with E-state index in [1.165, 1.54) is 7.11 Å². The van der Waals surface area contributed by atoms with Crippen molar-refractivity contribution in [1.82, 2.24) is 5.43 Å². The van der Waals surface area contributed by atoms with Gasteiger partial charge < -0.3 is 14.8 Å². The number of hydrogen-bond donors (Lipinski definition) is 2. The first kappa shape index (κ1) is 22.3. The Morgan fingerprint density at radius 1 is 1.06 bits per heavy atom. The number of thiocarbonyl (C=S) groups is 1. The summed E-state index contributed by atoms with van der Waals surface area (Å²) in [5, 5.41) is 7.86. The molecule has 0 atom stereocenters. The fourth-order valence-electron chi connectivity index (χ4n) is 2.68. The van der Waals surface area contributed by atoms with Crippen molar-refractivity contribution in [2.45, 2.75) is 6.92 Å². The van der Waals surface area contributed by atoms with Crippen molar-refractivity contribution in [3.05, 3.63) is 88.4 Å². The average molecular weight is 454 g/mol. The Bertz CT molecular complexity index is 1130. The maximum atomic E-state index is 12.4. The SMILES string of the molecule is COc1cc(C=NNC(=S)Nc2cccc(C)c2)ccc1OC(=O)c1ccccc1Cl. The molecule has 0 spiro atoms. The minimum absolute atomic E-state index is 0.272. The number of esters is 1. The fraction of sp³-hybridized carbons (Fsp3) is 0.0870. The first-order valence-electron chi connectivity index (χ1n) is 9.28. The Balaban J connectivity index is 1.63. The highest BCUT2D eigenvalue weighted by molar-refractivity contribution is 7.80. The van der Waals surface area contributed by atoms with Gasteiger partial charge in [-0.1, -0.05) is 35.9 Å². The molecule has 0 fully saturated rings. The minimum atomic E-state index is -0.570. The van der Waals surface area contributed by atoms with Gasteiger partial charge in [0.2, 0.25) is 0 Å². The number of carbonyl (C=O) groups is 1. The Kier molecular flexibility index (Phi) is 7.59. The van der Waals surface area contributed by atoms with E-state index in [-0.39, 0.29) is 11.3 Å². The van der Waals surface area contributed by atoms with E-state index in [0.29, 0.717) is 15.9 Å². The predicted molar refractivity (Wildman–Crippen MR) is 128 cm³/mol. The molecule has 3 rings (SSSR count). The first-order chi connectivity index (χ1) is 15.0. The Labute approximate surface area is 190 Å². The molecule has 0 aliphatic heterocycles. The van der Waals surface area contributed by atoms with Crippen LogP contribution in [0, 0.1) is 6.92 Å². The van der Waals surface area contributed by atoms with Crippen LogP contribution in [-0.2, 0) is 0 Å². The van der Waals surface area contributed by atoms with Crippen LogP contribution in [0.25, 0.3) is 0 Å². The summed E-state index contributed by atoms with van der Waals surface area (Å²) >= 11 is 11.3. The van der Waals surface area contributed by atoms with Crippen LogP contribution >= 0.6 is 23.8 Å². The van der Waals surface area contributed by atoms with Gasteiger partial charge in [0.25, 0.3) is 0 Å². The normalized spacial score (nSPS) is 10.5. The van der Waals surface area contributed by atoms with E-state index >= 15 is 0 Å². The highest BCUT2D eigenvalue weighted by atomic mass is 35.5. The maximum absolute atomic E-state index is 12.4. The van der Waals surface area contributed by atoms with E-state index in [4.69, 9.17) is 33.3 Å². The van der Waals surface area contributed by atoms with Crippen molar-refractivity contribution >= 4 is 46.8 Å². The Morgan fingerprint density at radius 2 is 1.87 bits per heavy atom. The van der Waals surface area contributed by atoms with Gasteiger partial charge in [0.15, 0.2) is 16.6 Å². The molecule has 31 heavy (non-hydrogen) atoms. The monoisotopic (exact) mass is 453 g/mol. The number of rotatable bonds is 6. The van der Waals surface area contributed by atoms with Crippen LogP contribution in [0.2, 0.25) is 5.02 Å². The number of hydrogen-bond acceptors (Lipinski definition) is 5. The molecule has 0 amide bonds. The van der Waals surface area contributed by atoms with Gasteiger partial charge >= 0.3 is 5.97 Å². The van der Waals surface area contributed by atoms with Crippen LogP contribution in [-0.4, -0.2) is 24.4 Å². The molecule has 0 bridgehead atoms. The standard InChI is InChI=1S/C23H20ClN3O3S/c1-15-6-5-7-17(12-15)26-23(31)27-25-14-16-10-11-20(21(13-16)29-2)30-22(28)18-8-3-4-9-19(18)24/h3-14H,1-2H3,(H2,26,27,31). The Morgan fingerprint density at radius 3 is 2.61 bits per heavy atom. The number of benzene rings is 3. The van der Waals surface area contributed by atoms with Gasteiger partial charge in [-0.2, -0.15) is 5.10 Å². The summed E-state index contributed by atoms with van der Waals surface area (Å²) in [5.41, 5.74) is 5.75. The quantitative estimate of drug-likeness (QED) is 0.176. The number of nitrogens with zero attached hydrogens (tertiary/aromatic N) is 1. The average Bonchev–Trinajstić information content (AvgIpc) is 2.75. The van der Waals surface area contributed by atoms with Crippen LogP contribution in [0.15, 0.2) is 71.8 Å². The molecular formula is C23H20ClN3O3S. The second kappa shape index (κ2) is 10.6. The number of carbonyl (C=O) groups excluding carboxylic acids is 1. The molecule has 0 saturated carbocycles. The van der Waals surface area contributed by atoms with Crippen LogP contribution < -0.4 is 20.2 Å². The molecule has 3 aromatic rings. The molecule has 0 unspecified atom stereocenters. The van der Waals surface area contributed by atoms with Crippen molar-refractivity contribution in [3.63, 3.8) is 0 Å². The minimum Gasteiger partial charge on any atom is -0.493 e. The summed E-state index contributed by atoms with van der Waals surface area (Å²) in [4.78, 5) is 12.4. The van der Waals surface area contributed by atoms with E-state index in [0.717, 1.165) is 16.8 Å². The van der Waals surface area contributed by atoms with Gasteiger partial charge in [-0.05, 0) is 72.7 Å². The van der Waals surface area contributed by atoms with Crippen LogP contribution in [0.3, 0.4) is 0 Å². The second-order valence-corrected chi connectivity index (χ2v) is 7.29. The van der Waals surface area contributed by atoms with E-state index in [1.54, 1.807) is 48.7 Å². The molecule has 0 radical (unpaired) electrons. The van der Waals surface area contributed by atoms with Gasteiger partial charge in [0.1, 0.15) is 0 Å². The van der Waals surface area contributed by atoms with E-state index in [2.05, 4.69) is 15.8 Å². The Hall–Kier alpha value is -3.42. The second-order valence-electron chi connectivity index (χ2n) is 6.47. The summed E-state index contributed by atoms with van der Waals surface area (Å²) < 4.78 is 10.8. The summed E-state index contributed by atoms with van der Waals surface area (Å²) in [5.74, 6) is 0.0820. The third-order valence-corrected chi connectivity index (χ3v) is 4.66.